The summed E-state index contributed by atoms with van der Waals surface area (Å²) in [6.45, 7) is 4.43. The summed E-state index contributed by atoms with van der Waals surface area (Å²) in [6.07, 6.45) is 4.65. The van der Waals surface area contributed by atoms with Crippen molar-refractivity contribution in [3.05, 3.63) is 29.8 Å². The fourth-order valence-corrected chi connectivity index (χ4v) is 3.16. The molecule has 0 aromatic heterocycles. The highest BCUT2D eigenvalue weighted by molar-refractivity contribution is 8.14. The molecule has 0 saturated heterocycles. The number of anilines is 1. The third-order valence-electron chi connectivity index (χ3n) is 3.24. The Labute approximate surface area is 114 Å². The number of hydrogen-bond donors (Lipinski definition) is 1. The van der Waals surface area contributed by atoms with Crippen LogP contribution in [-0.4, -0.2) is 17.0 Å². The molecular formula is C15H22N2S. The van der Waals surface area contributed by atoms with Gasteiger partial charge >= 0.3 is 0 Å². The molecule has 0 bridgehead atoms. The van der Waals surface area contributed by atoms with Crippen molar-refractivity contribution in [1.29, 1.82) is 0 Å². The number of benzene rings is 1. The van der Waals surface area contributed by atoms with Crippen LogP contribution in [-0.2, 0) is 6.42 Å². The number of nitrogens with zero attached hydrogens (tertiary/aromatic N) is 1. The predicted octanol–water partition coefficient (Wildman–Crippen LogP) is 4.32. The average molecular weight is 262 g/mol. The summed E-state index contributed by atoms with van der Waals surface area (Å²) in [5.41, 5.74) is 2.62. The number of para-hydroxylation sites is 1. The number of hydrogen-bond acceptors (Lipinski definition) is 3. The quantitative estimate of drug-likeness (QED) is 0.873. The summed E-state index contributed by atoms with van der Waals surface area (Å²) >= 11 is 1.84. The topological polar surface area (TPSA) is 24.4 Å². The van der Waals surface area contributed by atoms with Crippen molar-refractivity contribution in [3.63, 3.8) is 0 Å². The van der Waals surface area contributed by atoms with Crippen molar-refractivity contribution in [1.82, 2.24) is 0 Å². The largest absolute Gasteiger partial charge is 0.335 e. The monoisotopic (exact) mass is 262 g/mol. The van der Waals surface area contributed by atoms with Crippen LogP contribution in [0.15, 0.2) is 29.3 Å². The van der Waals surface area contributed by atoms with E-state index >= 15 is 0 Å². The van der Waals surface area contributed by atoms with Gasteiger partial charge in [-0.05, 0) is 30.9 Å². The van der Waals surface area contributed by atoms with Gasteiger partial charge in [-0.1, -0.05) is 50.2 Å². The number of aliphatic imine (C=N–C) groups is 1. The van der Waals surface area contributed by atoms with E-state index < -0.39 is 0 Å². The summed E-state index contributed by atoms with van der Waals surface area (Å²) in [7, 11) is 0. The summed E-state index contributed by atoms with van der Waals surface area (Å²) in [6, 6.07) is 9.07. The lowest BCUT2D eigenvalue weighted by molar-refractivity contribution is 0.634. The molecule has 1 heterocycles. The van der Waals surface area contributed by atoms with Crippen LogP contribution >= 0.6 is 11.8 Å². The molecule has 0 saturated carbocycles. The minimum Gasteiger partial charge on any atom is -0.335 e. The molecule has 1 aliphatic rings. The van der Waals surface area contributed by atoms with E-state index in [0.717, 1.165) is 18.0 Å². The van der Waals surface area contributed by atoms with E-state index in [1.807, 2.05) is 11.8 Å². The molecule has 1 N–H and O–H groups in total. The highest BCUT2D eigenvalue weighted by Gasteiger charge is 2.14. The first-order valence-electron chi connectivity index (χ1n) is 6.89. The molecule has 18 heavy (non-hydrogen) atoms. The molecule has 0 spiro atoms. The first-order chi connectivity index (χ1) is 8.83. The van der Waals surface area contributed by atoms with Crippen LogP contribution in [0.5, 0.6) is 0 Å². The van der Waals surface area contributed by atoms with Crippen molar-refractivity contribution in [3.8, 4) is 0 Å². The summed E-state index contributed by atoms with van der Waals surface area (Å²) in [5.74, 6) is 1.18. The lowest BCUT2D eigenvalue weighted by Crippen LogP contribution is -2.20. The predicted molar refractivity (Wildman–Crippen MR) is 82.6 cm³/mol. The van der Waals surface area contributed by atoms with Crippen molar-refractivity contribution in [2.45, 2.75) is 45.6 Å². The van der Waals surface area contributed by atoms with Gasteiger partial charge in [-0.3, -0.25) is 4.99 Å². The van der Waals surface area contributed by atoms with Crippen LogP contribution in [0.4, 0.5) is 5.69 Å². The highest BCUT2D eigenvalue weighted by Crippen LogP contribution is 2.23. The van der Waals surface area contributed by atoms with Crippen molar-refractivity contribution in [2.75, 3.05) is 11.1 Å². The maximum atomic E-state index is 4.77. The lowest BCUT2D eigenvalue weighted by Gasteiger charge is -2.20. The molecule has 0 fully saturated rings. The van der Waals surface area contributed by atoms with Crippen LogP contribution < -0.4 is 5.32 Å². The second-order valence-corrected chi connectivity index (χ2v) is 5.75. The molecule has 0 aliphatic carbocycles. The fourth-order valence-electron chi connectivity index (χ4n) is 2.17. The number of amidine groups is 1. The minimum atomic E-state index is 0.507. The zero-order valence-corrected chi connectivity index (χ0v) is 12.1. The molecule has 2 nitrogen and oxygen atoms in total. The van der Waals surface area contributed by atoms with E-state index in [4.69, 9.17) is 4.99 Å². The second-order valence-electron chi connectivity index (χ2n) is 4.67. The summed E-state index contributed by atoms with van der Waals surface area (Å²) < 4.78 is 0. The maximum Gasteiger partial charge on any atom is 0.161 e. The molecule has 1 atom stereocenters. The van der Waals surface area contributed by atoms with Crippen molar-refractivity contribution >= 4 is 22.6 Å². The second kappa shape index (κ2) is 6.83. The van der Waals surface area contributed by atoms with Crippen LogP contribution in [0, 0.1) is 0 Å². The van der Waals surface area contributed by atoms with Crippen LogP contribution in [0.1, 0.15) is 38.7 Å². The van der Waals surface area contributed by atoms with E-state index in [1.165, 1.54) is 29.8 Å². The maximum absolute atomic E-state index is 4.77. The average Bonchev–Trinajstić information content (AvgIpc) is 2.41. The van der Waals surface area contributed by atoms with E-state index in [-0.39, 0.29) is 0 Å². The Kier molecular flexibility index (Phi) is 5.12. The van der Waals surface area contributed by atoms with Gasteiger partial charge in [-0.2, -0.15) is 0 Å². The van der Waals surface area contributed by atoms with Crippen LogP contribution in [0.3, 0.4) is 0 Å². The molecule has 0 radical (unpaired) electrons. The molecule has 1 unspecified atom stereocenters. The molecule has 2 rings (SSSR count). The smallest absolute Gasteiger partial charge is 0.161 e. The number of thioether (sulfide) groups is 1. The molecule has 0 amide bonds. The van der Waals surface area contributed by atoms with Gasteiger partial charge in [0.05, 0.1) is 6.04 Å². The molecule has 1 aliphatic heterocycles. The Morgan fingerprint density at radius 3 is 2.94 bits per heavy atom. The van der Waals surface area contributed by atoms with Gasteiger partial charge in [0.2, 0.25) is 0 Å². The Morgan fingerprint density at radius 2 is 2.17 bits per heavy atom. The Morgan fingerprint density at radius 1 is 1.33 bits per heavy atom. The zero-order valence-electron chi connectivity index (χ0n) is 11.3. The van der Waals surface area contributed by atoms with E-state index in [9.17, 15) is 0 Å². The third-order valence-corrected chi connectivity index (χ3v) is 4.16. The SMILES string of the molecule is CCCc1ccccc1NC1=NC(CC)CCS1. The molecule has 3 heteroatoms. The first-order valence-corrected chi connectivity index (χ1v) is 7.87. The minimum absolute atomic E-state index is 0.507. The Balaban J connectivity index is 2.11. The van der Waals surface area contributed by atoms with E-state index in [1.54, 1.807) is 0 Å². The van der Waals surface area contributed by atoms with Gasteiger partial charge in [0.15, 0.2) is 5.17 Å². The molecule has 1 aromatic carbocycles. The lowest BCUT2D eigenvalue weighted by atomic mass is 10.1. The Hall–Kier alpha value is -0.960. The molecular weight excluding hydrogens is 240 g/mol. The van der Waals surface area contributed by atoms with Gasteiger partial charge < -0.3 is 5.32 Å². The zero-order chi connectivity index (χ0) is 12.8. The van der Waals surface area contributed by atoms with Gasteiger partial charge in [-0.25, -0.2) is 0 Å². The van der Waals surface area contributed by atoms with Crippen LogP contribution in [0.25, 0.3) is 0 Å². The number of aryl methyl sites for hydroxylation is 1. The van der Waals surface area contributed by atoms with Gasteiger partial charge in [0.1, 0.15) is 0 Å². The molecule has 98 valence electrons. The van der Waals surface area contributed by atoms with E-state index in [0.29, 0.717) is 6.04 Å². The van der Waals surface area contributed by atoms with Gasteiger partial charge in [0, 0.05) is 11.4 Å². The highest BCUT2D eigenvalue weighted by atomic mass is 32.2. The fraction of sp³-hybridized carbons (Fsp3) is 0.533. The first kappa shape index (κ1) is 13.5. The molecule has 1 aromatic rings. The van der Waals surface area contributed by atoms with Crippen molar-refractivity contribution < 1.29 is 0 Å². The standard InChI is InChI=1S/C15H22N2S/c1-3-7-12-8-5-6-9-14(12)17-15-16-13(4-2)10-11-18-15/h5-6,8-9,13H,3-4,7,10-11H2,1-2H3,(H,16,17). The van der Waals surface area contributed by atoms with Gasteiger partial charge in [0.25, 0.3) is 0 Å². The summed E-state index contributed by atoms with van der Waals surface area (Å²) in [4.78, 5) is 4.77. The van der Waals surface area contributed by atoms with Crippen molar-refractivity contribution in [2.24, 2.45) is 4.99 Å². The van der Waals surface area contributed by atoms with Crippen LogP contribution in [0.2, 0.25) is 0 Å². The normalized spacial score (nSPS) is 19.4. The number of nitrogens with one attached hydrogen (secondary N) is 1. The Bertz CT molecular complexity index is 415. The third kappa shape index (κ3) is 3.52. The van der Waals surface area contributed by atoms with Gasteiger partial charge in [-0.15, -0.1) is 0 Å². The summed E-state index contributed by atoms with van der Waals surface area (Å²) in [5, 5.41) is 4.61. The van der Waals surface area contributed by atoms with E-state index in [2.05, 4.69) is 43.4 Å². The number of rotatable bonds is 4.